The number of aryl methyl sites for hydroxylation is 1. The first-order chi connectivity index (χ1) is 13.1. The largest absolute Gasteiger partial charge is 0.505 e. The lowest BCUT2D eigenvalue weighted by atomic mass is 9.96. The molecule has 0 saturated carbocycles. The summed E-state index contributed by atoms with van der Waals surface area (Å²) in [5.41, 5.74) is 3.13. The van der Waals surface area contributed by atoms with Crippen molar-refractivity contribution in [3.05, 3.63) is 95.6 Å². The van der Waals surface area contributed by atoms with Crippen LogP contribution in [0.25, 0.3) is 10.9 Å². The Morgan fingerprint density at radius 2 is 1.89 bits per heavy atom. The van der Waals surface area contributed by atoms with E-state index in [0.29, 0.717) is 11.1 Å². The summed E-state index contributed by atoms with van der Waals surface area (Å²) >= 11 is 0. The number of nitrogens with zero attached hydrogens (tertiary/aromatic N) is 1. The number of aromatic amines is 1. The number of phenols is 1. The highest BCUT2D eigenvalue weighted by Crippen LogP contribution is 2.36. The van der Waals surface area contributed by atoms with Crippen LogP contribution in [0.15, 0.2) is 73.1 Å². The number of hydrogen-bond acceptors (Lipinski definition) is 3. The molecule has 4 rings (SSSR count). The summed E-state index contributed by atoms with van der Waals surface area (Å²) in [6.07, 6.45) is 3.50. The zero-order valence-corrected chi connectivity index (χ0v) is 14.8. The second-order valence-corrected chi connectivity index (χ2v) is 6.49. The maximum Gasteiger partial charge on any atom is 0.273 e. The van der Waals surface area contributed by atoms with E-state index in [2.05, 4.69) is 15.3 Å². The van der Waals surface area contributed by atoms with E-state index in [0.717, 1.165) is 22.3 Å². The van der Waals surface area contributed by atoms with Crippen LogP contribution in [0.5, 0.6) is 5.75 Å². The fourth-order valence-corrected chi connectivity index (χ4v) is 3.19. The van der Waals surface area contributed by atoms with Gasteiger partial charge >= 0.3 is 0 Å². The second-order valence-electron chi connectivity index (χ2n) is 6.49. The van der Waals surface area contributed by atoms with Gasteiger partial charge in [0.2, 0.25) is 0 Å². The average molecular weight is 360 g/mol. The molecule has 2 aromatic heterocycles. The number of anilines is 1. The highest BCUT2D eigenvalue weighted by Gasteiger charge is 2.24. The van der Waals surface area contributed by atoms with E-state index in [4.69, 9.17) is 0 Å². The Labute approximate surface area is 156 Å². The maximum atomic E-state index is 13.4. The number of H-pyrrole nitrogens is 1. The summed E-state index contributed by atoms with van der Waals surface area (Å²) in [5, 5.41) is 15.2. The lowest BCUT2D eigenvalue weighted by molar-refractivity contribution is -0.361. The molecule has 0 fully saturated rings. The van der Waals surface area contributed by atoms with E-state index < -0.39 is 0 Å². The SMILES string of the molecule is Cc1cc[nH+]c(N[C@H](c2ccc(F)cc2)c2ccc3cccnc3c2O)c1. The van der Waals surface area contributed by atoms with Crippen molar-refractivity contribution in [1.82, 2.24) is 4.98 Å². The van der Waals surface area contributed by atoms with Crippen LogP contribution < -0.4 is 10.3 Å². The molecule has 0 amide bonds. The molecule has 0 bridgehead atoms. The van der Waals surface area contributed by atoms with Crippen LogP contribution in [0.1, 0.15) is 22.7 Å². The predicted molar refractivity (Wildman–Crippen MR) is 103 cm³/mol. The zero-order chi connectivity index (χ0) is 18.8. The number of nitrogens with one attached hydrogen (secondary N) is 2. The van der Waals surface area contributed by atoms with Gasteiger partial charge in [-0.25, -0.2) is 9.37 Å². The lowest BCUT2D eigenvalue weighted by Gasteiger charge is -2.17. The van der Waals surface area contributed by atoms with Crippen LogP contribution in [0, 0.1) is 12.7 Å². The Bertz CT molecular complexity index is 1100. The molecule has 4 aromatic rings. The van der Waals surface area contributed by atoms with Crippen molar-refractivity contribution >= 4 is 16.7 Å². The van der Waals surface area contributed by atoms with Crippen LogP contribution in [-0.2, 0) is 0 Å². The monoisotopic (exact) mass is 360 g/mol. The van der Waals surface area contributed by atoms with Crippen molar-refractivity contribution < 1.29 is 14.5 Å². The number of pyridine rings is 2. The molecule has 2 aromatic carbocycles. The molecule has 0 radical (unpaired) electrons. The molecule has 27 heavy (non-hydrogen) atoms. The first-order valence-corrected chi connectivity index (χ1v) is 8.69. The van der Waals surface area contributed by atoms with E-state index in [1.807, 2.05) is 49.5 Å². The number of phenolic OH excluding ortho intramolecular Hbond substituents is 1. The minimum atomic E-state index is -0.380. The lowest BCUT2D eigenvalue weighted by Crippen LogP contribution is -2.19. The number of rotatable bonds is 4. The quantitative estimate of drug-likeness (QED) is 0.567. The average Bonchev–Trinajstić information content (AvgIpc) is 2.68. The van der Waals surface area contributed by atoms with Gasteiger partial charge in [-0.3, -0.25) is 10.3 Å². The van der Waals surface area contributed by atoms with Crippen molar-refractivity contribution in [1.29, 1.82) is 0 Å². The summed E-state index contributed by atoms with van der Waals surface area (Å²) in [6, 6.07) is 17.4. The van der Waals surface area contributed by atoms with E-state index in [-0.39, 0.29) is 17.6 Å². The normalized spacial score (nSPS) is 12.1. The number of halogens is 1. The first kappa shape index (κ1) is 17.0. The highest BCUT2D eigenvalue weighted by atomic mass is 19.1. The molecule has 0 aliphatic rings. The molecule has 0 aliphatic heterocycles. The van der Waals surface area contributed by atoms with Gasteiger partial charge in [-0.2, -0.15) is 0 Å². The van der Waals surface area contributed by atoms with Crippen molar-refractivity contribution in [3.63, 3.8) is 0 Å². The molecule has 4 nitrogen and oxygen atoms in total. The number of hydrogen-bond donors (Lipinski definition) is 2. The van der Waals surface area contributed by atoms with Gasteiger partial charge in [0.25, 0.3) is 5.82 Å². The Kier molecular flexibility index (Phi) is 4.42. The zero-order valence-electron chi connectivity index (χ0n) is 14.8. The van der Waals surface area contributed by atoms with E-state index >= 15 is 0 Å². The molecule has 5 heteroatoms. The molecule has 0 saturated heterocycles. The van der Waals surface area contributed by atoms with E-state index in [1.54, 1.807) is 18.3 Å². The third-order valence-corrected chi connectivity index (χ3v) is 4.55. The standard InChI is InChI=1S/C22H18FN3O/c1-14-10-12-24-19(13-14)26-20(16-4-7-17(23)8-5-16)18-9-6-15-3-2-11-25-21(15)22(18)27/h2-13,20,27H,1H3,(H,24,26)/p+1/t20-/m1/s1. The minimum absolute atomic E-state index is 0.113. The highest BCUT2D eigenvalue weighted by molar-refractivity contribution is 5.85. The minimum Gasteiger partial charge on any atom is -0.505 e. The predicted octanol–water partition coefficient (Wildman–Crippen LogP) is 4.40. The summed E-state index contributed by atoms with van der Waals surface area (Å²) in [7, 11) is 0. The van der Waals surface area contributed by atoms with E-state index in [1.165, 1.54) is 12.1 Å². The smallest absolute Gasteiger partial charge is 0.273 e. The summed E-state index contributed by atoms with van der Waals surface area (Å²) in [6.45, 7) is 2.00. The Morgan fingerprint density at radius 1 is 1.07 bits per heavy atom. The number of aromatic nitrogens is 2. The van der Waals surface area contributed by atoms with Crippen molar-refractivity contribution in [2.75, 3.05) is 5.32 Å². The summed E-state index contributed by atoms with van der Waals surface area (Å²) < 4.78 is 13.4. The molecule has 0 aliphatic carbocycles. The van der Waals surface area contributed by atoms with Crippen LogP contribution in [0.4, 0.5) is 10.2 Å². The Balaban J connectivity index is 1.84. The van der Waals surface area contributed by atoms with Gasteiger partial charge in [-0.15, -0.1) is 0 Å². The Hall–Kier alpha value is -3.47. The first-order valence-electron chi connectivity index (χ1n) is 8.69. The molecule has 3 N–H and O–H groups in total. The van der Waals surface area contributed by atoms with Crippen molar-refractivity contribution in [2.24, 2.45) is 0 Å². The number of benzene rings is 2. The summed E-state index contributed by atoms with van der Waals surface area (Å²) in [4.78, 5) is 7.47. The van der Waals surface area contributed by atoms with Gasteiger partial charge in [-0.1, -0.05) is 24.3 Å². The molecule has 2 heterocycles. The third kappa shape index (κ3) is 3.44. The fourth-order valence-electron chi connectivity index (χ4n) is 3.19. The van der Waals surface area contributed by atoms with E-state index in [9.17, 15) is 9.50 Å². The third-order valence-electron chi connectivity index (χ3n) is 4.55. The van der Waals surface area contributed by atoms with Gasteiger partial charge in [0.15, 0.2) is 0 Å². The fraction of sp³-hybridized carbons (Fsp3) is 0.0909. The molecule has 0 spiro atoms. The van der Waals surface area contributed by atoms with Crippen LogP contribution in [0.3, 0.4) is 0 Å². The van der Waals surface area contributed by atoms with Crippen LogP contribution >= 0.6 is 0 Å². The van der Waals surface area contributed by atoms with Gasteiger partial charge in [0.05, 0.1) is 6.20 Å². The number of aromatic hydroxyl groups is 1. The molecule has 134 valence electrons. The number of fused-ring (bicyclic) bond motifs is 1. The summed E-state index contributed by atoms with van der Waals surface area (Å²) in [5.74, 6) is 0.608. The second kappa shape index (κ2) is 7.03. The van der Waals surface area contributed by atoms with Crippen molar-refractivity contribution in [2.45, 2.75) is 13.0 Å². The van der Waals surface area contributed by atoms with Gasteiger partial charge in [0.1, 0.15) is 23.1 Å². The van der Waals surface area contributed by atoms with Gasteiger partial charge in [-0.05, 0) is 42.8 Å². The molecular formula is C22H19FN3O+. The van der Waals surface area contributed by atoms with Gasteiger partial charge in [0, 0.05) is 28.8 Å². The van der Waals surface area contributed by atoms with Gasteiger partial charge < -0.3 is 5.11 Å². The topological polar surface area (TPSA) is 59.3 Å². The maximum absolute atomic E-state index is 13.4. The Morgan fingerprint density at radius 3 is 2.67 bits per heavy atom. The molecule has 1 atom stereocenters. The van der Waals surface area contributed by atoms with Crippen molar-refractivity contribution in [3.8, 4) is 5.75 Å². The molecular weight excluding hydrogens is 341 g/mol. The van der Waals surface area contributed by atoms with Crippen LogP contribution in [-0.4, -0.2) is 10.1 Å². The van der Waals surface area contributed by atoms with Crippen LogP contribution in [0.2, 0.25) is 0 Å². The molecule has 0 unspecified atom stereocenters.